The summed E-state index contributed by atoms with van der Waals surface area (Å²) < 4.78 is 10.3. The number of nitrogens with one attached hydrogen (secondary N) is 1. The molecular formula is C14H21N3O3. The fourth-order valence-electron chi connectivity index (χ4n) is 2.39. The number of nitrogens with zero attached hydrogens (tertiary/aromatic N) is 2. The number of carbonyl (C=O) groups excluding carboxylic acids is 1. The van der Waals surface area contributed by atoms with Crippen molar-refractivity contribution in [3.63, 3.8) is 0 Å². The lowest BCUT2D eigenvalue weighted by molar-refractivity contribution is 0.0586. The maximum absolute atomic E-state index is 11.9. The molecule has 1 aliphatic heterocycles. The molecule has 1 aromatic heterocycles. The minimum absolute atomic E-state index is 0.177. The molecule has 0 spiro atoms. The molecule has 1 aromatic rings. The van der Waals surface area contributed by atoms with Gasteiger partial charge in [-0.2, -0.15) is 0 Å². The molecule has 0 bridgehead atoms. The van der Waals surface area contributed by atoms with Crippen molar-refractivity contribution in [2.75, 3.05) is 20.8 Å². The van der Waals surface area contributed by atoms with Crippen LogP contribution in [0.15, 0.2) is 0 Å². The average Bonchev–Trinajstić information content (AvgIpc) is 2.50. The summed E-state index contributed by atoms with van der Waals surface area (Å²) in [5.74, 6) is 0.162. The van der Waals surface area contributed by atoms with Gasteiger partial charge < -0.3 is 14.8 Å². The number of aromatic nitrogens is 2. The zero-order valence-electron chi connectivity index (χ0n) is 12.2. The number of hydrogen-bond acceptors (Lipinski definition) is 6. The van der Waals surface area contributed by atoms with Crippen LogP contribution in [0, 0.1) is 0 Å². The highest BCUT2D eigenvalue weighted by atomic mass is 16.5. The van der Waals surface area contributed by atoms with Crippen molar-refractivity contribution >= 4 is 5.97 Å². The molecule has 2 heterocycles. The number of carbonyl (C=O) groups is 1. The Kier molecular flexibility index (Phi) is 5.03. The molecule has 0 saturated carbocycles. The van der Waals surface area contributed by atoms with Gasteiger partial charge in [-0.25, -0.2) is 14.8 Å². The Morgan fingerprint density at radius 2 is 2.20 bits per heavy atom. The molecule has 1 N–H and O–H groups in total. The van der Waals surface area contributed by atoms with E-state index in [-0.39, 0.29) is 6.10 Å². The minimum atomic E-state index is -0.417. The fraction of sp³-hybridized carbons (Fsp3) is 0.643. The normalized spacial score (nSPS) is 15.6. The van der Waals surface area contributed by atoms with Crippen molar-refractivity contribution in [3.05, 3.63) is 22.8 Å². The number of esters is 1. The summed E-state index contributed by atoms with van der Waals surface area (Å²) in [6.45, 7) is 3.54. The third-order valence-corrected chi connectivity index (χ3v) is 3.45. The lowest BCUT2D eigenvalue weighted by atomic mass is 10.0. The molecule has 20 heavy (non-hydrogen) atoms. The predicted molar refractivity (Wildman–Crippen MR) is 73.4 cm³/mol. The van der Waals surface area contributed by atoms with Gasteiger partial charge in [0, 0.05) is 32.2 Å². The molecule has 6 nitrogen and oxygen atoms in total. The monoisotopic (exact) mass is 279 g/mol. The van der Waals surface area contributed by atoms with E-state index in [1.54, 1.807) is 7.11 Å². The van der Waals surface area contributed by atoms with Crippen LogP contribution in [0.2, 0.25) is 0 Å². The highest BCUT2D eigenvalue weighted by molar-refractivity contribution is 5.89. The van der Waals surface area contributed by atoms with Crippen LogP contribution < -0.4 is 5.32 Å². The van der Waals surface area contributed by atoms with Crippen LogP contribution in [0.3, 0.4) is 0 Å². The van der Waals surface area contributed by atoms with E-state index in [4.69, 9.17) is 9.47 Å². The molecule has 0 radical (unpaired) electrons. The summed E-state index contributed by atoms with van der Waals surface area (Å²) in [5, 5.41) is 3.23. The number of fused-ring (bicyclic) bond motifs is 1. The third kappa shape index (κ3) is 2.96. The molecule has 0 saturated heterocycles. The van der Waals surface area contributed by atoms with Crippen LogP contribution in [-0.4, -0.2) is 36.7 Å². The fourth-order valence-corrected chi connectivity index (χ4v) is 2.39. The van der Waals surface area contributed by atoms with Gasteiger partial charge in [-0.1, -0.05) is 13.3 Å². The minimum Gasteiger partial charge on any atom is -0.464 e. The second kappa shape index (κ2) is 6.76. The molecule has 1 aliphatic rings. The van der Waals surface area contributed by atoms with Crippen LogP contribution in [0.25, 0.3) is 0 Å². The zero-order valence-corrected chi connectivity index (χ0v) is 12.2. The van der Waals surface area contributed by atoms with Gasteiger partial charge in [0.05, 0.1) is 12.8 Å². The lowest BCUT2D eigenvalue weighted by Gasteiger charge is -2.21. The van der Waals surface area contributed by atoms with E-state index < -0.39 is 5.97 Å². The van der Waals surface area contributed by atoms with E-state index in [1.807, 2.05) is 0 Å². The Morgan fingerprint density at radius 1 is 1.40 bits per heavy atom. The second-order valence-electron chi connectivity index (χ2n) is 4.79. The van der Waals surface area contributed by atoms with Crippen LogP contribution in [-0.2, 0) is 22.4 Å². The first-order valence-corrected chi connectivity index (χ1v) is 6.92. The Hall–Kier alpha value is -1.53. The van der Waals surface area contributed by atoms with E-state index in [0.717, 1.165) is 37.1 Å². The Bertz CT molecular complexity index is 491. The van der Waals surface area contributed by atoms with Crippen LogP contribution in [0.1, 0.15) is 53.4 Å². The molecule has 1 atom stereocenters. The number of hydrogen-bond donors (Lipinski definition) is 1. The van der Waals surface area contributed by atoms with Gasteiger partial charge in [-0.05, 0) is 6.42 Å². The Balaban J connectivity index is 2.46. The highest BCUT2D eigenvalue weighted by Gasteiger charge is 2.25. The van der Waals surface area contributed by atoms with Gasteiger partial charge in [0.2, 0.25) is 0 Å². The van der Waals surface area contributed by atoms with Crippen LogP contribution in [0.4, 0.5) is 0 Å². The molecule has 0 amide bonds. The molecule has 0 aromatic carbocycles. The van der Waals surface area contributed by atoms with Crippen molar-refractivity contribution in [2.24, 2.45) is 0 Å². The van der Waals surface area contributed by atoms with Gasteiger partial charge in [0.1, 0.15) is 6.10 Å². The molecule has 2 rings (SSSR count). The lowest BCUT2D eigenvalue weighted by Crippen LogP contribution is -2.29. The maximum Gasteiger partial charge on any atom is 0.357 e. The van der Waals surface area contributed by atoms with Gasteiger partial charge in [0.15, 0.2) is 11.5 Å². The van der Waals surface area contributed by atoms with E-state index in [0.29, 0.717) is 18.1 Å². The molecule has 1 unspecified atom stereocenters. The molecule has 110 valence electrons. The number of ether oxygens (including phenoxy) is 2. The Morgan fingerprint density at radius 3 is 2.85 bits per heavy atom. The summed E-state index contributed by atoms with van der Waals surface area (Å²) in [4.78, 5) is 20.9. The van der Waals surface area contributed by atoms with E-state index in [1.165, 1.54) is 7.11 Å². The molecule has 0 fully saturated rings. The van der Waals surface area contributed by atoms with E-state index in [2.05, 4.69) is 22.2 Å². The van der Waals surface area contributed by atoms with E-state index in [9.17, 15) is 4.79 Å². The summed E-state index contributed by atoms with van der Waals surface area (Å²) in [5.41, 5.74) is 2.13. The number of methoxy groups -OCH3 is 2. The largest absolute Gasteiger partial charge is 0.464 e. The Labute approximate surface area is 118 Å². The standard InChI is InChI=1S/C14H21N3O3/c1-4-5-11(19-2)13-16-10-6-7-15-8-9(10)12(17-13)14(18)20-3/h11,15H,4-8H2,1-3H3. The van der Waals surface area contributed by atoms with Crippen molar-refractivity contribution in [3.8, 4) is 0 Å². The average molecular weight is 279 g/mol. The van der Waals surface area contributed by atoms with Crippen LogP contribution >= 0.6 is 0 Å². The molecule has 6 heteroatoms. The van der Waals surface area contributed by atoms with Crippen molar-refractivity contribution in [2.45, 2.75) is 38.8 Å². The van der Waals surface area contributed by atoms with Gasteiger partial charge in [-0.15, -0.1) is 0 Å². The first kappa shape index (κ1) is 14.9. The SMILES string of the molecule is CCCC(OC)c1nc2c(c(C(=O)OC)n1)CNCC2. The van der Waals surface area contributed by atoms with Crippen molar-refractivity contribution in [1.29, 1.82) is 0 Å². The smallest absolute Gasteiger partial charge is 0.357 e. The zero-order chi connectivity index (χ0) is 14.5. The summed E-state index contributed by atoms with van der Waals surface area (Å²) in [6, 6.07) is 0. The summed E-state index contributed by atoms with van der Waals surface area (Å²) >= 11 is 0. The van der Waals surface area contributed by atoms with Gasteiger partial charge in [-0.3, -0.25) is 0 Å². The van der Waals surface area contributed by atoms with Crippen LogP contribution in [0.5, 0.6) is 0 Å². The quantitative estimate of drug-likeness (QED) is 0.821. The summed E-state index contributed by atoms with van der Waals surface area (Å²) in [6.07, 6.45) is 2.41. The van der Waals surface area contributed by atoms with Gasteiger partial charge >= 0.3 is 5.97 Å². The first-order valence-electron chi connectivity index (χ1n) is 6.92. The second-order valence-corrected chi connectivity index (χ2v) is 4.79. The molecule has 0 aliphatic carbocycles. The maximum atomic E-state index is 11.9. The topological polar surface area (TPSA) is 73.3 Å². The number of rotatable bonds is 5. The van der Waals surface area contributed by atoms with E-state index >= 15 is 0 Å². The third-order valence-electron chi connectivity index (χ3n) is 3.45. The van der Waals surface area contributed by atoms with Crippen molar-refractivity contribution < 1.29 is 14.3 Å². The highest BCUT2D eigenvalue weighted by Crippen LogP contribution is 2.23. The van der Waals surface area contributed by atoms with Crippen molar-refractivity contribution in [1.82, 2.24) is 15.3 Å². The predicted octanol–water partition coefficient (Wildman–Crippen LogP) is 1.40. The molecular weight excluding hydrogens is 258 g/mol. The van der Waals surface area contributed by atoms with Gasteiger partial charge in [0.25, 0.3) is 0 Å². The summed E-state index contributed by atoms with van der Waals surface area (Å²) in [7, 11) is 3.01. The first-order chi connectivity index (χ1) is 9.71.